The molecule has 0 saturated carbocycles. The third kappa shape index (κ3) is 3.05. The summed E-state index contributed by atoms with van der Waals surface area (Å²) in [4.78, 5) is 15.3. The van der Waals surface area contributed by atoms with Gasteiger partial charge in [0.25, 0.3) is 0 Å². The summed E-state index contributed by atoms with van der Waals surface area (Å²) in [5.41, 5.74) is 3.27. The monoisotopic (exact) mass is 346 g/mol. The third-order valence-corrected chi connectivity index (χ3v) is 4.33. The molecule has 0 radical (unpaired) electrons. The second-order valence-corrected chi connectivity index (χ2v) is 6.05. The van der Waals surface area contributed by atoms with Crippen LogP contribution in [0.15, 0.2) is 47.6 Å². The Bertz CT molecular complexity index is 965. The van der Waals surface area contributed by atoms with E-state index in [1.165, 1.54) is 23.9 Å². The summed E-state index contributed by atoms with van der Waals surface area (Å²) in [5.74, 6) is 1.58. The van der Waals surface area contributed by atoms with Crippen LogP contribution in [0.25, 0.3) is 22.1 Å². The predicted molar refractivity (Wildman–Crippen MR) is 88.4 cm³/mol. The highest BCUT2D eigenvalue weighted by Gasteiger charge is 2.09. The average Bonchev–Trinajstić information content (AvgIpc) is 3.14. The Hall–Kier alpha value is -2.61. The predicted octanol–water partition coefficient (Wildman–Crippen LogP) is 4.33. The zero-order valence-electron chi connectivity index (χ0n) is 12.3. The SMILES string of the molecule is FC(F)Oc1ccc2nc(SCc3nc4ccccc4[nH]3)[nH]c2c1. The number of fused-ring (bicyclic) bond motifs is 2. The summed E-state index contributed by atoms with van der Waals surface area (Å²) in [6, 6.07) is 12.5. The van der Waals surface area contributed by atoms with Gasteiger partial charge in [-0.3, -0.25) is 0 Å². The summed E-state index contributed by atoms with van der Waals surface area (Å²) in [7, 11) is 0. The van der Waals surface area contributed by atoms with Crippen molar-refractivity contribution >= 4 is 33.8 Å². The number of hydrogen-bond donors (Lipinski definition) is 2. The van der Waals surface area contributed by atoms with Crippen LogP contribution in [0.4, 0.5) is 8.78 Å². The van der Waals surface area contributed by atoms with Gasteiger partial charge < -0.3 is 14.7 Å². The first-order valence-corrected chi connectivity index (χ1v) is 8.17. The maximum atomic E-state index is 12.3. The van der Waals surface area contributed by atoms with Crippen LogP contribution in [0.1, 0.15) is 5.82 Å². The van der Waals surface area contributed by atoms with Gasteiger partial charge in [0, 0.05) is 6.07 Å². The molecule has 0 fully saturated rings. The van der Waals surface area contributed by atoms with Gasteiger partial charge in [-0.1, -0.05) is 23.9 Å². The number of aromatic amines is 2. The number of H-pyrrole nitrogens is 2. The van der Waals surface area contributed by atoms with E-state index in [1.54, 1.807) is 6.07 Å². The number of hydrogen-bond acceptors (Lipinski definition) is 4. The van der Waals surface area contributed by atoms with Crippen molar-refractivity contribution in [1.82, 2.24) is 19.9 Å². The molecule has 0 aliphatic carbocycles. The minimum atomic E-state index is -2.84. The van der Waals surface area contributed by atoms with Crippen molar-refractivity contribution in [3.8, 4) is 5.75 Å². The molecular weight excluding hydrogens is 334 g/mol. The third-order valence-electron chi connectivity index (χ3n) is 3.44. The fourth-order valence-corrected chi connectivity index (χ4v) is 3.18. The molecule has 24 heavy (non-hydrogen) atoms. The molecule has 0 amide bonds. The Morgan fingerprint density at radius 2 is 1.83 bits per heavy atom. The van der Waals surface area contributed by atoms with E-state index in [9.17, 15) is 8.78 Å². The average molecular weight is 346 g/mol. The number of nitrogens with zero attached hydrogens (tertiary/aromatic N) is 2. The molecule has 0 spiro atoms. The van der Waals surface area contributed by atoms with Crippen LogP contribution >= 0.6 is 11.8 Å². The van der Waals surface area contributed by atoms with Gasteiger partial charge in [0.2, 0.25) is 0 Å². The lowest BCUT2D eigenvalue weighted by molar-refractivity contribution is -0.0497. The van der Waals surface area contributed by atoms with Gasteiger partial charge in [-0.15, -0.1) is 0 Å². The Kier molecular flexibility index (Phi) is 3.81. The molecule has 0 bridgehead atoms. The van der Waals surface area contributed by atoms with Gasteiger partial charge in [0.05, 0.1) is 27.8 Å². The van der Waals surface area contributed by atoms with Crippen molar-refractivity contribution in [2.24, 2.45) is 0 Å². The lowest BCUT2D eigenvalue weighted by atomic mass is 10.3. The van der Waals surface area contributed by atoms with Gasteiger partial charge in [0.15, 0.2) is 5.16 Å². The lowest BCUT2D eigenvalue weighted by Gasteiger charge is -2.02. The number of aromatic nitrogens is 4. The van der Waals surface area contributed by atoms with Gasteiger partial charge >= 0.3 is 6.61 Å². The van der Waals surface area contributed by atoms with E-state index in [1.807, 2.05) is 24.3 Å². The number of nitrogens with one attached hydrogen (secondary N) is 2. The first-order chi connectivity index (χ1) is 11.7. The van der Waals surface area contributed by atoms with E-state index in [0.717, 1.165) is 16.9 Å². The molecule has 4 aromatic rings. The molecule has 0 aliphatic heterocycles. The number of alkyl halides is 2. The van der Waals surface area contributed by atoms with Crippen molar-refractivity contribution < 1.29 is 13.5 Å². The number of ether oxygens (including phenoxy) is 1. The van der Waals surface area contributed by atoms with Crippen molar-refractivity contribution in [2.45, 2.75) is 17.5 Å². The molecule has 0 saturated heterocycles. The molecule has 2 heterocycles. The lowest BCUT2D eigenvalue weighted by Crippen LogP contribution is -2.01. The second-order valence-electron chi connectivity index (χ2n) is 5.09. The van der Waals surface area contributed by atoms with E-state index in [0.29, 0.717) is 21.9 Å². The van der Waals surface area contributed by atoms with Crippen LogP contribution in [0.2, 0.25) is 0 Å². The highest BCUT2D eigenvalue weighted by Crippen LogP contribution is 2.26. The largest absolute Gasteiger partial charge is 0.435 e. The molecule has 5 nitrogen and oxygen atoms in total. The number of benzene rings is 2. The number of rotatable bonds is 5. The van der Waals surface area contributed by atoms with Crippen LogP contribution in [0.5, 0.6) is 5.75 Å². The van der Waals surface area contributed by atoms with Crippen molar-refractivity contribution in [3.63, 3.8) is 0 Å². The van der Waals surface area contributed by atoms with Gasteiger partial charge in [-0.25, -0.2) is 9.97 Å². The van der Waals surface area contributed by atoms with Gasteiger partial charge in [-0.2, -0.15) is 8.78 Å². The molecule has 122 valence electrons. The minimum absolute atomic E-state index is 0.106. The summed E-state index contributed by atoms with van der Waals surface area (Å²) in [5, 5.41) is 0.694. The van der Waals surface area contributed by atoms with Crippen LogP contribution in [0, 0.1) is 0 Å². The number of halogens is 2. The van der Waals surface area contributed by atoms with Crippen LogP contribution in [-0.2, 0) is 5.75 Å². The molecule has 0 unspecified atom stereocenters. The Morgan fingerprint density at radius 1 is 1.00 bits per heavy atom. The first-order valence-electron chi connectivity index (χ1n) is 7.18. The summed E-state index contributed by atoms with van der Waals surface area (Å²) < 4.78 is 28.9. The summed E-state index contributed by atoms with van der Waals surface area (Å²) in [6.45, 7) is -2.84. The highest BCUT2D eigenvalue weighted by molar-refractivity contribution is 7.98. The van der Waals surface area contributed by atoms with E-state index >= 15 is 0 Å². The number of thioether (sulfide) groups is 1. The van der Waals surface area contributed by atoms with Gasteiger partial charge in [0.1, 0.15) is 11.6 Å². The van der Waals surface area contributed by atoms with E-state index in [2.05, 4.69) is 24.7 Å². The van der Waals surface area contributed by atoms with E-state index < -0.39 is 6.61 Å². The van der Waals surface area contributed by atoms with Crippen molar-refractivity contribution in [3.05, 3.63) is 48.3 Å². The zero-order valence-corrected chi connectivity index (χ0v) is 13.1. The fourth-order valence-electron chi connectivity index (χ4n) is 2.42. The maximum Gasteiger partial charge on any atom is 0.387 e. The molecule has 0 aliphatic rings. The maximum absolute atomic E-state index is 12.3. The molecule has 2 N–H and O–H groups in total. The molecular formula is C16H12F2N4OS. The van der Waals surface area contributed by atoms with E-state index in [4.69, 9.17) is 0 Å². The van der Waals surface area contributed by atoms with Gasteiger partial charge in [-0.05, 0) is 24.3 Å². The highest BCUT2D eigenvalue weighted by atomic mass is 32.2. The summed E-state index contributed by atoms with van der Waals surface area (Å²) >= 11 is 1.48. The van der Waals surface area contributed by atoms with Crippen molar-refractivity contribution in [2.75, 3.05) is 0 Å². The molecule has 2 aromatic heterocycles. The number of imidazole rings is 2. The quantitative estimate of drug-likeness (QED) is 0.528. The molecule has 0 atom stereocenters. The smallest absolute Gasteiger partial charge is 0.387 e. The van der Waals surface area contributed by atoms with Crippen molar-refractivity contribution in [1.29, 1.82) is 0 Å². The number of para-hydroxylation sites is 2. The minimum Gasteiger partial charge on any atom is -0.435 e. The zero-order chi connectivity index (χ0) is 16.5. The topological polar surface area (TPSA) is 66.6 Å². The standard InChI is InChI=1S/C16H12F2N4OS/c17-15(18)23-9-5-6-12-13(7-9)22-16(21-12)24-8-14-19-10-3-1-2-4-11(10)20-14/h1-7,15H,8H2,(H,19,20)(H,21,22). The van der Waals surface area contributed by atoms with Crippen LogP contribution in [0.3, 0.4) is 0 Å². The second kappa shape index (κ2) is 6.12. The first kappa shape index (κ1) is 14.9. The molecule has 8 heteroatoms. The Labute approximate surface area is 139 Å². The molecule has 4 rings (SSSR count). The molecule has 2 aromatic carbocycles. The van der Waals surface area contributed by atoms with E-state index in [-0.39, 0.29) is 5.75 Å². The van der Waals surface area contributed by atoms with Crippen LogP contribution < -0.4 is 4.74 Å². The Balaban J connectivity index is 1.51. The normalized spacial score (nSPS) is 11.6. The fraction of sp³-hybridized carbons (Fsp3) is 0.125. The van der Waals surface area contributed by atoms with Crippen LogP contribution in [-0.4, -0.2) is 26.5 Å². The summed E-state index contributed by atoms with van der Waals surface area (Å²) in [6.07, 6.45) is 0. The Morgan fingerprint density at radius 3 is 2.67 bits per heavy atom.